The third-order valence-electron chi connectivity index (χ3n) is 4.80. The van der Waals surface area contributed by atoms with E-state index in [1.807, 2.05) is 32.0 Å². The van der Waals surface area contributed by atoms with Gasteiger partial charge in [0.05, 0.1) is 15.5 Å². The summed E-state index contributed by atoms with van der Waals surface area (Å²) < 4.78 is 52.6. The molecule has 0 spiro atoms. The van der Waals surface area contributed by atoms with Gasteiger partial charge in [-0.3, -0.25) is 4.98 Å². The van der Waals surface area contributed by atoms with E-state index in [2.05, 4.69) is 11.1 Å². The van der Waals surface area contributed by atoms with Crippen molar-refractivity contribution < 1.29 is 28.3 Å². The molecule has 0 fully saturated rings. The van der Waals surface area contributed by atoms with Crippen LogP contribution in [0.4, 0.5) is 0 Å². The van der Waals surface area contributed by atoms with Crippen molar-refractivity contribution >= 4 is 27.3 Å². The average Bonchev–Trinajstić information content (AvgIpc) is 3.18. The molecule has 0 N–H and O–H groups in total. The van der Waals surface area contributed by atoms with Gasteiger partial charge in [-0.2, -0.15) is 0 Å². The van der Waals surface area contributed by atoms with Gasteiger partial charge in [-0.05, 0) is 44.7 Å². The Morgan fingerprint density at radius 3 is 2.59 bits per heavy atom. The molecule has 2 aromatic heterocycles. The zero-order valence-corrected chi connectivity index (χ0v) is 17.4. The van der Waals surface area contributed by atoms with E-state index in [0.29, 0.717) is 33.2 Å². The minimum absolute atomic E-state index is 0. The average molecular weight is 534 g/mol. The number of nitrogens with zero attached hydrogens (tertiary/aromatic N) is 2. The Labute approximate surface area is 180 Å². The number of benzene rings is 3. The maximum absolute atomic E-state index is 8.78. The number of hydrogen-bond acceptors (Lipinski definition) is 1. The maximum Gasteiger partial charge on any atom is 0.0645 e. The first kappa shape index (κ1) is 12.1. The molecule has 2 nitrogen and oxygen atoms in total. The minimum Gasteiger partial charge on any atom is -0.333 e. The fraction of sp³-hybridized carbons (Fsp3) is 0.125. The number of fused-ring (bicyclic) bond motifs is 6. The fourth-order valence-electron chi connectivity index (χ4n) is 3.66. The molecule has 0 aliphatic rings. The minimum atomic E-state index is -0.289. The molecule has 3 aromatic carbocycles. The van der Waals surface area contributed by atoms with Crippen LogP contribution in [0.1, 0.15) is 24.9 Å². The molecule has 0 saturated heterocycles. The predicted octanol–water partition coefficient (Wildman–Crippen LogP) is 6.03. The Balaban J connectivity index is 0.00000259. The van der Waals surface area contributed by atoms with Gasteiger partial charge in [-0.15, -0.1) is 29.6 Å². The van der Waals surface area contributed by atoms with Gasteiger partial charge < -0.3 is 4.40 Å². The van der Waals surface area contributed by atoms with E-state index in [9.17, 15) is 0 Å². The first-order valence-electron chi connectivity index (χ1n) is 11.4. The van der Waals surface area contributed by atoms with Gasteiger partial charge in [0.15, 0.2) is 0 Å². The van der Waals surface area contributed by atoms with Crippen LogP contribution < -0.4 is 0 Å². The molecule has 0 amide bonds. The SMILES string of the molecule is [2H]c1[c-]c2c(c([2H])c1[2H])c1c([2H])c(C)c([2H])c([2H])c1n1c(-c3c(C)cccc3C)cnc21.[Ir]. The summed E-state index contributed by atoms with van der Waals surface area (Å²) in [6.45, 7) is 5.60. The van der Waals surface area contributed by atoms with Crippen LogP contribution in [0.3, 0.4) is 0 Å². The Hall–Kier alpha value is -2.48. The molecule has 0 atom stereocenters. The first-order valence-corrected chi connectivity index (χ1v) is 8.44. The molecule has 27 heavy (non-hydrogen) atoms. The molecular weight excluding hydrogens is 508 g/mol. The van der Waals surface area contributed by atoms with E-state index in [1.54, 1.807) is 17.5 Å². The van der Waals surface area contributed by atoms with Crippen molar-refractivity contribution in [2.45, 2.75) is 20.8 Å². The zero-order chi connectivity index (χ0) is 23.1. The summed E-state index contributed by atoms with van der Waals surface area (Å²) in [4.78, 5) is 4.59. The molecule has 2 heterocycles. The van der Waals surface area contributed by atoms with Gasteiger partial charge in [-0.25, -0.2) is 0 Å². The Kier molecular flexibility index (Phi) is 2.95. The maximum atomic E-state index is 8.78. The number of hydrogen-bond donors (Lipinski definition) is 0. The molecule has 5 rings (SSSR count). The van der Waals surface area contributed by atoms with Gasteiger partial charge >= 0.3 is 0 Å². The molecule has 0 unspecified atom stereocenters. The standard InChI is InChI=1S/C24H19N2.Ir/c1-15-11-12-21-20(13-15)18-9-4-5-10-19(18)24-25-14-22(26(21)24)23-16(2)7-6-8-17(23)3;/h4-9,11-14H,1-3H3;/q-1;/i4D,5D,9D,11D,12D,13D;. The fourth-order valence-corrected chi connectivity index (χ4v) is 3.66. The summed E-state index contributed by atoms with van der Waals surface area (Å²) in [5.74, 6) is 0. The van der Waals surface area contributed by atoms with E-state index < -0.39 is 0 Å². The smallest absolute Gasteiger partial charge is 0.0645 e. The van der Waals surface area contributed by atoms with E-state index >= 15 is 0 Å². The molecule has 5 aromatic rings. The van der Waals surface area contributed by atoms with Crippen molar-refractivity contribution in [3.63, 3.8) is 0 Å². The topological polar surface area (TPSA) is 17.3 Å². The van der Waals surface area contributed by atoms with Crippen LogP contribution in [0.5, 0.6) is 0 Å². The molecule has 0 bridgehead atoms. The second kappa shape index (κ2) is 6.60. The second-order valence-corrected chi connectivity index (χ2v) is 6.54. The zero-order valence-electron chi connectivity index (χ0n) is 21.0. The molecule has 1 radical (unpaired) electrons. The van der Waals surface area contributed by atoms with E-state index in [-0.39, 0.29) is 61.7 Å². The third-order valence-corrected chi connectivity index (χ3v) is 4.80. The normalized spacial score (nSPS) is 14.3. The summed E-state index contributed by atoms with van der Waals surface area (Å²) >= 11 is 0. The van der Waals surface area contributed by atoms with Crippen molar-refractivity contribution in [1.82, 2.24) is 9.38 Å². The number of aryl methyl sites for hydroxylation is 2. The summed E-state index contributed by atoms with van der Waals surface area (Å²) in [5, 5.41) is 0.950. The molecule has 0 aliphatic carbocycles. The van der Waals surface area contributed by atoms with Gasteiger partial charge in [0, 0.05) is 40.1 Å². The summed E-state index contributed by atoms with van der Waals surface area (Å²) in [5.41, 5.74) is 4.71. The monoisotopic (exact) mass is 534 g/mol. The third kappa shape index (κ3) is 2.62. The molecule has 0 aliphatic heterocycles. The van der Waals surface area contributed by atoms with Crippen molar-refractivity contribution in [1.29, 1.82) is 0 Å². The van der Waals surface area contributed by atoms with Gasteiger partial charge in [0.25, 0.3) is 0 Å². The van der Waals surface area contributed by atoms with Crippen LogP contribution >= 0.6 is 0 Å². The largest absolute Gasteiger partial charge is 0.333 e. The Morgan fingerprint density at radius 2 is 1.81 bits per heavy atom. The van der Waals surface area contributed by atoms with Crippen LogP contribution in [0, 0.1) is 26.8 Å². The van der Waals surface area contributed by atoms with Crippen LogP contribution in [0.2, 0.25) is 0 Å². The summed E-state index contributed by atoms with van der Waals surface area (Å²) in [6, 6.07) is 8.06. The summed E-state index contributed by atoms with van der Waals surface area (Å²) in [7, 11) is 0. The van der Waals surface area contributed by atoms with E-state index in [4.69, 9.17) is 8.22 Å². The van der Waals surface area contributed by atoms with Crippen LogP contribution in [-0.2, 0) is 20.1 Å². The second-order valence-electron chi connectivity index (χ2n) is 6.54. The number of aromatic nitrogens is 2. The molecule has 0 saturated carbocycles. The quantitative estimate of drug-likeness (QED) is 0.190. The van der Waals surface area contributed by atoms with Crippen LogP contribution in [0.25, 0.3) is 38.6 Å². The van der Waals surface area contributed by atoms with E-state index in [0.717, 1.165) is 16.7 Å². The van der Waals surface area contributed by atoms with Crippen LogP contribution in [0.15, 0.2) is 60.7 Å². The van der Waals surface area contributed by atoms with E-state index in [1.165, 1.54) is 0 Å². The van der Waals surface area contributed by atoms with Crippen molar-refractivity contribution in [3.05, 3.63) is 83.4 Å². The molecule has 3 heteroatoms. The van der Waals surface area contributed by atoms with Gasteiger partial charge in [0.2, 0.25) is 0 Å². The number of imidazole rings is 1. The summed E-state index contributed by atoms with van der Waals surface area (Å²) in [6.07, 6.45) is 1.69. The number of pyridine rings is 1. The predicted molar refractivity (Wildman–Crippen MR) is 109 cm³/mol. The van der Waals surface area contributed by atoms with Gasteiger partial charge in [0.1, 0.15) is 0 Å². The van der Waals surface area contributed by atoms with Crippen LogP contribution in [-0.4, -0.2) is 9.38 Å². The van der Waals surface area contributed by atoms with Crippen molar-refractivity contribution in [2.75, 3.05) is 0 Å². The Morgan fingerprint density at radius 1 is 1.04 bits per heavy atom. The van der Waals surface area contributed by atoms with Crippen molar-refractivity contribution in [2.24, 2.45) is 0 Å². The van der Waals surface area contributed by atoms with Crippen molar-refractivity contribution in [3.8, 4) is 11.3 Å². The first-order chi connectivity index (χ1) is 15.1. The Bertz CT molecular complexity index is 1600. The molecular formula is C24H19IrN2-. The van der Waals surface area contributed by atoms with Gasteiger partial charge in [-0.1, -0.05) is 41.2 Å². The number of rotatable bonds is 1. The molecule has 135 valence electrons.